The minimum atomic E-state index is -3.81. The molecule has 0 heterocycles. The second-order valence-electron chi connectivity index (χ2n) is 6.97. The topological polar surface area (TPSA) is 37.4 Å². The van der Waals surface area contributed by atoms with E-state index in [0.29, 0.717) is 22.7 Å². The zero-order valence-corrected chi connectivity index (χ0v) is 18.5. The molecule has 0 aromatic heterocycles. The largest absolute Gasteiger partial charge is 0.265 e. The molecule has 0 aliphatic heterocycles. The summed E-state index contributed by atoms with van der Waals surface area (Å²) in [7, 11) is -3.81. The van der Waals surface area contributed by atoms with Crippen LogP contribution in [0.4, 0.5) is 5.69 Å². The van der Waals surface area contributed by atoms with E-state index in [1.54, 1.807) is 42.5 Å². The number of hydrogen-bond acceptors (Lipinski definition) is 2. The van der Waals surface area contributed by atoms with Crippen molar-refractivity contribution in [3.63, 3.8) is 0 Å². The summed E-state index contributed by atoms with van der Waals surface area (Å²) in [5.74, 6) is 0. The second kappa shape index (κ2) is 9.33. The predicted molar refractivity (Wildman–Crippen MR) is 127 cm³/mol. The molecule has 5 heteroatoms. The number of hydrogen-bond donors (Lipinski definition) is 0. The Balaban J connectivity index is 2.17. The van der Waals surface area contributed by atoms with Gasteiger partial charge in [0.1, 0.15) is 0 Å². The third-order valence-corrected chi connectivity index (χ3v) is 6.88. The van der Waals surface area contributed by atoms with Crippen LogP contribution in [0.25, 0.3) is 5.57 Å². The minimum absolute atomic E-state index is 0.230. The summed E-state index contributed by atoms with van der Waals surface area (Å²) in [6, 6.07) is 21.8. The van der Waals surface area contributed by atoms with Crippen molar-refractivity contribution in [2.45, 2.75) is 18.2 Å². The molecule has 0 saturated heterocycles. The van der Waals surface area contributed by atoms with Gasteiger partial charge in [0.2, 0.25) is 0 Å². The lowest BCUT2D eigenvalue weighted by Gasteiger charge is -2.27. The molecule has 30 heavy (non-hydrogen) atoms. The normalized spacial score (nSPS) is 11.1. The Morgan fingerprint density at radius 2 is 1.70 bits per heavy atom. The summed E-state index contributed by atoms with van der Waals surface area (Å²) in [5, 5.41) is 0.456. The molecule has 0 amide bonds. The third-order valence-electron chi connectivity index (χ3n) is 4.82. The van der Waals surface area contributed by atoms with Crippen molar-refractivity contribution in [3.8, 4) is 0 Å². The lowest BCUT2D eigenvalue weighted by molar-refractivity contribution is 0.591. The Morgan fingerprint density at radius 1 is 1.03 bits per heavy atom. The molecule has 0 bridgehead atoms. The number of anilines is 1. The fraction of sp³-hybridized carbons (Fsp3) is 0.120. The van der Waals surface area contributed by atoms with Crippen LogP contribution in [0.1, 0.15) is 23.1 Å². The fourth-order valence-electron chi connectivity index (χ4n) is 3.18. The van der Waals surface area contributed by atoms with Crippen molar-refractivity contribution in [3.05, 3.63) is 114 Å². The Kier molecular flexibility index (Phi) is 6.80. The summed E-state index contributed by atoms with van der Waals surface area (Å²) in [6.07, 6.45) is 2.20. The molecule has 3 nitrogen and oxygen atoms in total. The first-order chi connectivity index (χ1) is 14.3. The molecule has 0 aliphatic rings. The van der Waals surface area contributed by atoms with E-state index in [9.17, 15) is 8.42 Å². The maximum Gasteiger partial charge on any atom is 0.264 e. The molecule has 0 atom stereocenters. The monoisotopic (exact) mass is 437 g/mol. The van der Waals surface area contributed by atoms with Gasteiger partial charge in [-0.15, -0.1) is 6.58 Å². The Labute approximate surface area is 184 Å². The highest BCUT2D eigenvalue weighted by Gasteiger charge is 2.27. The molecule has 0 aliphatic carbocycles. The van der Waals surface area contributed by atoms with Gasteiger partial charge in [0.15, 0.2) is 0 Å². The van der Waals surface area contributed by atoms with E-state index in [1.807, 2.05) is 43.3 Å². The third kappa shape index (κ3) is 4.66. The SMILES string of the molecule is C=CCCN(c1cc(Cl)ccc1C(=C)c1ccccc1)S(=O)(=O)c1ccc(C)cc1. The average Bonchev–Trinajstić information content (AvgIpc) is 2.74. The first-order valence-electron chi connectivity index (χ1n) is 9.59. The highest BCUT2D eigenvalue weighted by Crippen LogP contribution is 2.36. The van der Waals surface area contributed by atoms with Crippen molar-refractivity contribution >= 4 is 32.9 Å². The van der Waals surface area contributed by atoms with Crippen LogP contribution in [0.15, 0.2) is 96.9 Å². The molecule has 154 valence electrons. The maximum absolute atomic E-state index is 13.6. The Morgan fingerprint density at radius 3 is 2.33 bits per heavy atom. The average molecular weight is 438 g/mol. The number of sulfonamides is 1. The van der Waals surface area contributed by atoms with Gasteiger partial charge >= 0.3 is 0 Å². The molecular weight excluding hydrogens is 414 g/mol. The standard InChI is InChI=1S/C25H24ClNO2S/c1-4-5-17-27(30(28,29)23-14-11-19(2)12-15-23)25-18-22(26)13-16-24(25)20(3)21-9-7-6-8-10-21/h4,6-16,18H,1,3,5,17H2,2H3. The Bertz CT molecular complexity index is 1150. The van der Waals surface area contributed by atoms with Gasteiger partial charge in [-0.1, -0.05) is 78.4 Å². The number of halogens is 1. The van der Waals surface area contributed by atoms with E-state index < -0.39 is 10.0 Å². The molecular formula is C25H24ClNO2S. The van der Waals surface area contributed by atoms with Crippen molar-refractivity contribution in [2.24, 2.45) is 0 Å². The minimum Gasteiger partial charge on any atom is -0.265 e. The molecule has 0 saturated carbocycles. The number of rotatable bonds is 8. The van der Waals surface area contributed by atoms with Gasteiger partial charge in [-0.05, 0) is 48.7 Å². The highest BCUT2D eigenvalue weighted by molar-refractivity contribution is 7.92. The van der Waals surface area contributed by atoms with Crippen LogP contribution >= 0.6 is 11.6 Å². The van der Waals surface area contributed by atoms with Gasteiger partial charge < -0.3 is 0 Å². The van der Waals surface area contributed by atoms with Crippen LogP contribution in [-0.2, 0) is 10.0 Å². The van der Waals surface area contributed by atoms with Crippen molar-refractivity contribution in [2.75, 3.05) is 10.8 Å². The molecule has 0 unspecified atom stereocenters. The zero-order chi connectivity index (χ0) is 21.7. The smallest absolute Gasteiger partial charge is 0.264 e. The van der Waals surface area contributed by atoms with Gasteiger partial charge in [0, 0.05) is 17.1 Å². The van der Waals surface area contributed by atoms with Crippen LogP contribution in [0.5, 0.6) is 0 Å². The summed E-state index contributed by atoms with van der Waals surface area (Å²) >= 11 is 6.29. The first kappa shape index (κ1) is 21.9. The molecule has 3 aromatic rings. The molecule has 0 radical (unpaired) electrons. The molecule has 3 aromatic carbocycles. The van der Waals surface area contributed by atoms with Gasteiger partial charge in [-0.3, -0.25) is 4.31 Å². The van der Waals surface area contributed by atoms with E-state index in [2.05, 4.69) is 13.2 Å². The van der Waals surface area contributed by atoms with Crippen LogP contribution in [0, 0.1) is 6.92 Å². The van der Waals surface area contributed by atoms with Gasteiger partial charge in [-0.25, -0.2) is 8.42 Å². The first-order valence-corrected chi connectivity index (χ1v) is 11.4. The van der Waals surface area contributed by atoms with Crippen molar-refractivity contribution in [1.82, 2.24) is 0 Å². The van der Waals surface area contributed by atoms with Crippen molar-refractivity contribution < 1.29 is 8.42 Å². The van der Waals surface area contributed by atoms with Crippen LogP contribution in [0.3, 0.4) is 0 Å². The van der Waals surface area contributed by atoms with Crippen LogP contribution in [-0.4, -0.2) is 15.0 Å². The van der Waals surface area contributed by atoms with Gasteiger partial charge in [0.05, 0.1) is 10.6 Å². The zero-order valence-electron chi connectivity index (χ0n) is 16.9. The molecule has 0 spiro atoms. The van der Waals surface area contributed by atoms with Crippen LogP contribution in [0.2, 0.25) is 5.02 Å². The molecule has 0 N–H and O–H groups in total. The second-order valence-corrected chi connectivity index (χ2v) is 9.27. The highest BCUT2D eigenvalue weighted by atomic mass is 35.5. The van der Waals surface area contributed by atoms with Crippen molar-refractivity contribution in [1.29, 1.82) is 0 Å². The quantitative estimate of drug-likeness (QED) is 0.378. The van der Waals surface area contributed by atoms with E-state index in [0.717, 1.165) is 16.7 Å². The summed E-state index contributed by atoms with van der Waals surface area (Å²) < 4.78 is 28.6. The Hall–Kier alpha value is -2.82. The van der Waals surface area contributed by atoms with Gasteiger partial charge in [-0.2, -0.15) is 0 Å². The number of nitrogens with zero attached hydrogens (tertiary/aromatic N) is 1. The van der Waals surface area contributed by atoms with E-state index in [1.165, 1.54) is 4.31 Å². The van der Waals surface area contributed by atoms with Gasteiger partial charge in [0.25, 0.3) is 10.0 Å². The lowest BCUT2D eigenvalue weighted by Crippen LogP contribution is -2.32. The predicted octanol–water partition coefficient (Wildman–Crippen LogP) is 6.48. The maximum atomic E-state index is 13.6. The van der Waals surface area contributed by atoms with E-state index in [4.69, 9.17) is 11.6 Å². The number of aryl methyl sites for hydroxylation is 1. The lowest BCUT2D eigenvalue weighted by atomic mass is 9.98. The van der Waals surface area contributed by atoms with E-state index >= 15 is 0 Å². The van der Waals surface area contributed by atoms with E-state index in [-0.39, 0.29) is 11.4 Å². The molecule has 3 rings (SSSR count). The fourth-order valence-corrected chi connectivity index (χ4v) is 4.83. The number of benzene rings is 3. The summed E-state index contributed by atoms with van der Waals surface area (Å²) in [4.78, 5) is 0.230. The van der Waals surface area contributed by atoms with Crippen LogP contribution < -0.4 is 4.31 Å². The molecule has 0 fully saturated rings. The summed E-state index contributed by atoms with van der Waals surface area (Å²) in [5.41, 5.74) is 3.85. The summed E-state index contributed by atoms with van der Waals surface area (Å²) in [6.45, 7) is 10.1.